The lowest BCUT2D eigenvalue weighted by molar-refractivity contribution is 1.33. The van der Waals surface area contributed by atoms with Gasteiger partial charge in [0, 0.05) is 4.47 Å². The van der Waals surface area contributed by atoms with E-state index in [1.165, 1.54) is 11.1 Å². The van der Waals surface area contributed by atoms with Gasteiger partial charge in [0.15, 0.2) is 0 Å². The highest BCUT2D eigenvalue weighted by Gasteiger charge is 2.00. The van der Waals surface area contributed by atoms with Crippen molar-refractivity contribution < 1.29 is 0 Å². The zero-order valence-corrected chi connectivity index (χ0v) is 9.29. The second kappa shape index (κ2) is 3.94. The summed E-state index contributed by atoms with van der Waals surface area (Å²) in [6, 6.07) is 3.94. The zero-order valence-electron chi connectivity index (χ0n) is 6.89. The number of aliphatic imine (C=N–C) groups is 1. The first-order valence-electron chi connectivity index (χ1n) is 3.50. The van der Waals surface area contributed by atoms with Gasteiger partial charge in [0.2, 0.25) is 0 Å². The maximum absolute atomic E-state index is 4.53. The molecule has 0 bridgehead atoms. The number of nitrogens with zero attached hydrogens (tertiary/aromatic N) is 1. The molecule has 1 nitrogen and oxygen atoms in total. The largest absolute Gasteiger partial charge is 0.195 e. The Hall–Kier alpha value is -0.500. The van der Waals surface area contributed by atoms with E-state index in [2.05, 4.69) is 38.3 Å². The average molecular weight is 242 g/mol. The Labute approximate surface area is 85.6 Å². The highest BCUT2D eigenvalue weighted by Crippen LogP contribution is 2.26. The van der Waals surface area contributed by atoms with E-state index in [9.17, 15) is 0 Å². The van der Waals surface area contributed by atoms with Gasteiger partial charge in [-0.1, -0.05) is 15.9 Å². The quantitative estimate of drug-likeness (QED) is 0.539. The highest BCUT2D eigenvalue weighted by atomic mass is 79.9. The smallest absolute Gasteiger partial charge is 0.0745 e. The monoisotopic (exact) mass is 241 g/mol. The first-order chi connectivity index (χ1) is 5.65. The molecule has 0 aliphatic heterocycles. The molecular formula is C9H8BrNS. The Morgan fingerprint density at radius 2 is 1.83 bits per heavy atom. The van der Waals surface area contributed by atoms with Crippen molar-refractivity contribution in [2.75, 3.05) is 0 Å². The summed E-state index contributed by atoms with van der Waals surface area (Å²) >= 11 is 8.00. The number of benzene rings is 1. The van der Waals surface area contributed by atoms with Crippen LogP contribution in [0.25, 0.3) is 0 Å². The van der Waals surface area contributed by atoms with Gasteiger partial charge in [0.25, 0.3) is 0 Å². The van der Waals surface area contributed by atoms with Crippen LogP contribution in [0.2, 0.25) is 0 Å². The predicted molar refractivity (Wildman–Crippen MR) is 58.3 cm³/mol. The fourth-order valence-electron chi connectivity index (χ4n) is 1.04. The lowest BCUT2D eigenvalue weighted by atomic mass is 10.1. The lowest BCUT2D eigenvalue weighted by Gasteiger charge is -2.02. The standard InChI is InChI=1S/C9H8BrNS/c1-6-3-8(11-5-12)4-7(2)9(6)10/h3-4H,1-2H3. The first kappa shape index (κ1) is 9.59. The SMILES string of the molecule is Cc1cc(N=C=S)cc(C)c1Br. The van der Waals surface area contributed by atoms with Crippen molar-refractivity contribution >= 4 is 39.0 Å². The molecule has 0 aromatic heterocycles. The van der Waals surface area contributed by atoms with E-state index in [-0.39, 0.29) is 0 Å². The van der Waals surface area contributed by atoms with Crippen molar-refractivity contribution in [3.05, 3.63) is 27.7 Å². The molecule has 3 heteroatoms. The second-order valence-corrected chi connectivity index (χ2v) is 3.57. The zero-order chi connectivity index (χ0) is 9.14. The molecular weight excluding hydrogens is 234 g/mol. The number of thiocarbonyl (C=S) groups is 1. The van der Waals surface area contributed by atoms with Crippen molar-refractivity contribution in [2.45, 2.75) is 13.8 Å². The van der Waals surface area contributed by atoms with Gasteiger partial charge in [-0.25, -0.2) is 0 Å². The molecule has 0 fully saturated rings. The normalized spacial score (nSPS) is 9.25. The van der Waals surface area contributed by atoms with Crippen LogP contribution in [0.5, 0.6) is 0 Å². The number of halogens is 1. The van der Waals surface area contributed by atoms with Crippen LogP contribution < -0.4 is 0 Å². The Balaban J connectivity index is 3.30. The van der Waals surface area contributed by atoms with Crippen molar-refractivity contribution in [1.29, 1.82) is 0 Å². The van der Waals surface area contributed by atoms with E-state index < -0.39 is 0 Å². The van der Waals surface area contributed by atoms with Crippen LogP contribution in [-0.4, -0.2) is 5.16 Å². The van der Waals surface area contributed by atoms with Gasteiger partial charge in [-0.3, -0.25) is 0 Å². The number of hydrogen-bond acceptors (Lipinski definition) is 2. The molecule has 0 radical (unpaired) electrons. The Morgan fingerprint density at radius 1 is 1.33 bits per heavy atom. The van der Waals surface area contributed by atoms with Crippen molar-refractivity contribution in [3.8, 4) is 0 Å². The maximum atomic E-state index is 4.53. The summed E-state index contributed by atoms with van der Waals surface area (Å²) in [4.78, 5) is 3.91. The van der Waals surface area contributed by atoms with Crippen LogP contribution in [0, 0.1) is 13.8 Å². The summed E-state index contributed by atoms with van der Waals surface area (Å²) in [5.41, 5.74) is 3.20. The molecule has 0 N–H and O–H groups in total. The van der Waals surface area contributed by atoms with Gasteiger partial charge >= 0.3 is 0 Å². The molecule has 12 heavy (non-hydrogen) atoms. The third-order valence-corrected chi connectivity index (χ3v) is 2.94. The lowest BCUT2D eigenvalue weighted by Crippen LogP contribution is -1.80. The fourth-order valence-corrected chi connectivity index (χ4v) is 1.37. The van der Waals surface area contributed by atoms with Crippen LogP contribution in [0.4, 0.5) is 5.69 Å². The highest BCUT2D eigenvalue weighted by molar-refractivity contribution is 9.10. The van der Waals surface area contributed by atoms with E-state index in [1.54, 1.807) is 0 Å². The minimum absolute atomic E-state index is 0.864. The topological polar surface area (TPSA) is 12.4 Å². The summed E-state index contributed by atoms with van der Waals surface area (Å²) in [6.45, 7) is 4.05. The maximum Gasteiger partial charge on any atom is 0.0745 e. The van der Waals surface area contributed by atoms with Gasteiger partial charge in [-0.2, -0.15) is 4.99 Å². The molecule has 1 aromatic carbocycles. The third-order valence-electron chi connectivity index (χ3n) is 1.60. The van der Waals surface area contributed by atoms with Crippen LogP contribution in [-0.2, 0) is 0 Å². The molecule has 0 unspecified atom stereocenters. The van der Waals surface area contributed by atoms with Gasteiger partial charge in [-0.05, 0) is 49.3 Å². The fraction of sp³-hybridized carbons (Fsp3) is 0.222. The first-order valence-corrected chi connectivity index (χ1v) is 4.70. The van der Waals surface area contributed by atoms with Crippen molar-refractivity contribution in [1.82, 2.24) is 0 Å². The second-order valence-electron chi connectivity index (χ2n) is 2.60. The summed E-state index contributed by atoms with van der Waals surface area (Å²) in [6.07, 6.45) is 0. The Bertz CT molecular complexity index is 331. The number of hydrogen-bond donors (Lipinski definition) is 0. The van der Waals surface area contributed by atoms with Crippen LogP contribution in [0.3, 0.4) is 0 Å². The molecule has 0 amide bonds. The summed E-state index contributed by atoms with van der Waals surface area (Å²) in [5, 5.41) is 2.35. The molecule has 0 heterocycles. The van der Waals surface area contributed by atoms with Crippen molar-refractivity contribution in [2.24, 2.45) is 4.99 Å². The molecule has 1 aromatic rings. The number of aryl methyl sites for hydroxylation is 2. The summed E-state index contributed by atoms with van der Waals surface area (Å²) < 4.78 is 1.13. The van der Waals surface area contributed by atoms with Gasteiger partial charge in [0.1, 0.15) is 0 Å². The molecule has 62 valence electrons. The summed E-state index contributed by atoms with van der Waals surface area (Å²) in [7, 11) is 0. The van der Waals surface area contributed by atoms with Gasteiger partial charge < -0.3 is 0 Å². The molecule has 0 saturated carbocycles. The van der Waals surface area contributed by atoms with Gasteiger partial charge in [-0.15, -0.1) is 0 Å². The van der Waals surface area contributed by atoms with E-state index in [4.69, 9.17) is 0 Å². The molecule has 0 saturated heterocycles. The molecule has 0 aliphatic rings. The number of isothiocyanates is 1. The van der Waals surface area contributed by atoms with Crippen LogP contribution >= 0.6 is 28.1 Å². The van der Waals surface area contributed by atoms with E-state index in [1.807, 2.05) is 26.0 Å². The van der Waals surface area contributed by atoms with E-state index >= 15 is 0 Å². The third kappa shape index (κ3) is 2.01. The van der Waals surface area contributed by atoms with E-state index in [0.717, 1.165) is 10.2 Å². The Kier molecular flexibility index (Phi) is 3.15. The number of rotatable bonds is 1. The van der Waals surface area contributed by atoms with Crippen LogP contribution in [0.15, 0.2) is 21.6 Å². The van der Waals surface area contributed by atoms with Crippen molar-refractivity contribution in [3.63, 3.8) is 0 Å². The molecule has 0 spiro atoms. The average Bonchev–Trinajstić information content (AvgIpc) is 2.01. The molecule has 0 atom stereocenters. The molecule has 1 rings (SSSR count). The predicted octanol–water partition coefficient (Wildman–Crippen LogP) is 3.80. The van der Waals surface area contributed by atoms with Gasteiger partial charge in [0.05, 0.1) is 10.8 Å². The molecule has 0 aliphatic carbocycles. The Morgan fingerprint density at radius 3 is 2.25 bits per heavy atom. The minimum Gasteiger partial charge on any atom is -0.195 e. The van der Waals surface area contributed by atoms with Crippen LogP contribution in [0.1, 0.15) is 11.1 Å². The summed E-state index contributed by atoms with van der Waals surface area (Å²) in [5.74, 6) is 0. The minimum atomic E-state index is 0.864. The van der Waals surface area contributed by atoms with E-state index in [0.29, 0.717) is 0 Å².